The van der Waals surface area contributed by atoms with Gasteiger partial charge in [-0.2, -0.15) is 5.10 Å². The zero-order valence-electron chi connectivity index (χ0n) is 11.9. The molecule has 1 aliphatic rings. The molecule has 4 heteroatoms. The molecule has 0 bridgehead atoms. The highest BCUT2D eigenvalue weighted by atomic mass is 32.2. The van der Waals surface area contributed by atoms with Crippen molar-refractivity contribution in [2.75, 3.05) is 5.75 Å². The number of thioether (sulfide) groups is 1. The minimum Gasteiger partial charge on any atom is -0.256 e. The van der Waals surface area contributed by atoms with Gasteiger partial charge in [0, 0.05) is 5.56 Å². The molecule has 0 fully saturated rings. The van der Waals surface area contributed by atoms with Crippen molar-refractivity contribution in [1.29, 1.82) is 0 Å². The Morgan fingerprint density at radius 1 is 1.00 bits per heavy atom. The van der Waals surface area contributed by atoms with Crippen LogP contribution in [0.1, 0.15) is 24.1 Å². The summed E-state index contributed by atoms with van der Waals surface area (Å²) in [5.41, 5.74) is 6.29. The summed E-state index contributed by atoms with van der Waals surface area (Å²) in [5.74, 6) is 0.976. The van der Waals surface area contributed by atoms with Crippen LogP contribution in [0.25, 0.3) is 0 Å². The van der Waals surface area contributed by atoms with Gasteiger partial charge in [-0.05, 0) is 11.3 Å². The van der Waals surface area contributed by atoms with Crippen molar-refractivity contribution >= 4 is 22.6 Å². The molecule has 1 atom stereocenters. The molecule has 3 nitrogen and oxygen atoms in total. The van der Waals surface area contributed by atoms with Gasteiger partial charge in [0.25, 0.3) is 0 Å². The molecule has 0 saturated carbocycles. The summed E-state index contributed by atoms with van der Waals surface area (Å²) in [6.07, 6.45) is 0. The number of hydrazone groups is 1. The van der Waals surface area contributed by atoms with Crippen molar-refractivity contribution in [2.45, 2.75) is 13.0 Å². The zero-order valence-corrected chi connectivity index (χ0v) is 12.7. The average Bonchev–Trinajstić information content (AvgIpc) is 2.57. The minimum atomic E-state index is -0.0519. The quantitative estimate of drug-likeness (QED) is 0.934. The van der Waals surface area contributed by atoms with Gasteiger partial charge in [0.15, 0.2) is 5.17 Å². The maximum atomic E-state index is 4.84. The Bertz CT molecular complexity index is 650. The lowest BCUT2D eigenvalue weighted by Crippen LogP contribution is -2.27. The van der Waals surface area contributed by atoms with Crippen molar-refractivity contribution in [1.82, 2.24) is 5.43 Å². The van der Waals surface area contributed by atoms with Gasteiger partial charge in [-0.1, -0.05) is 79.3 Å². The Morgan fingerprint density at radius 3 is 2.33 bits per heavy atom. The first-order valence-corrected chi connectivity index (χ1v) is 8.01. The highest BCUT2D eigenvalue weighted by molar-refractivity contribution is 8.13. The van der Waals surface area contributed by atoms with E-state index < -0.39 is 0 Å². The Labute approximate surface area is 129 Å². The van der Waals surface area contributed by atoms with E-state index in [-0.39, 0.29) is 6.04 Å². The highest BCUT2D eigenvalue weighted by Crippen LogP contribution is 2.26. The van der Waals surface area contributed by atoms with E-state index in [4.69, 9.17) is 4.99 Å². The number of rotatable bonds is 3. The first-order chi connectivity index (χ1) is 10.4. The lowest BCUT2D eigenvalue weighted by Gasteiger charge is -2.22. The third-order valence-electron chi connectivity index (χ3n) is 3.24. The van der Waals surface area contributed by atoms with Crippen molar-refractivity contribution in [3.05, 3.63) is 71.8 Å². The fourth-order valence-corrected chi connectivity index (χ4v) is 2.85. The maximum Gasteiger partial charge on any atom is 0.178 e. The second-order valence-corrected chi connectivity index (χ2v) is 5.91. The van der Waals surface area contributed by atoms with Gasteiger partial charge in [-0.15, -0.1) is 0 Å². The van der Waals surface area contributed by atoms with Crippen molar-refractivity contribution in [3.63, 3.8) is 0 Å². The molecule has 0 saturated heterocycles. The van der Waals surface area contributed by atoms with Crippen LogP contribution in [0.2, 0.25) is 0 Å². The lowest BCUT2D eigenvalue weighted by molar-refractivity contribution is 0.873. The molecule has 106 valence electrons. The van der Waals surface area contributed by atoms with Crippen molar-refractivity contribution < 1.29 is 0 Å². The van der Waals surface area contributed by atoms with E-state index in [1.165, 1.54) is 0 Å². The fraction of sp³-hybridized carbons (Fsp3) is 0.176. The summed E-state index contributed by atoms with van der Waals surface area (Å²) in [6.45, 7) is 2.11. The molecular weight excluding hydrogens is 278 g/mol. The highest BCUT2D eigenvalue weighted by Gasteiger charge is 2.23. The van der Waals surface area contributed by atoms with Gasteiger partial charge in [0.05, 0.1) is 5.71 Å². The molecule has 2 aromatic carbocycles. The SMILES string of the molecule is CCSC1=NC(c2ccccc2)C(c2ccccc2)=NN1. The molecule has 0 aliphatic carbocycles. The monoisotopic (exact) mass is 295 g/mol. The number of nitrogens with zero attached hydrogens (tertiary/aromatic N) is 2. The first-order valence-electron chi connectivity index (χ1n) is 7.03. The predicted octanol–water partition coefficient (Wildman–Crippen LogP) is 3.84. The fourth-order valence-electron chi connectivity index (χ4n) is 2.28. The number of benzene rings is 2. The zero-order chi connectivity index (χ0) is 14.5. The molecule has 0 amide bonds. The van der Waals surface area contributed by atoms with Crippen LogP contribution in [-0.2, 0) is 0 Å². The third-order valence-corrected chi connectivity index (χ3v) is 4.00. The maximum absolute atomic E-state index is 4.84. The molecule has 3 rings (SSSR count). The number of hydrogen-bond acceptors (Lipinski definition) is 4. The van der Waals surface area contributed by atoms with Crippen LogP contribution in [0.5, 0.6) is 0 Å². The molecule has 0 radical (unpaired) electrons. The Kier molecular flexibility index (Phi) is 4.36. The summed E-state index contributed by atoms with van der Waals surface area (Å²) >= 11 is 1.68. The van der Waals surface area contributed by atoms with Crippen LogP contribution in [0.3, 0.4) is 0 Å². The van der Waals surface area contributed by atoms with E-state index in [2.05, 4.69) is 41.7 Å². The van der Waals surface area contributed by atoms with Gasteiger partial charge in [-0.3, -0.25) is 5.43 Å². The van der Waals surface area contributed by atoms with Crippen LogP contribution in [0.15, 0.2) is 70.8 Å². The summed E-state index contributed by atoms with van der Waals surface area (Å²) in [6, 6.07) is 20.5. The number of nitrogens with one attached hydrogen (secondary N) is 1. The topological polar surface area (TPSA) is 36.8 Å². The summed E-state index contributed by atoms with van der Waals surface area (Å²) in [7, 11) is 0. The second-order valence-electron chi connectivity index (χ2n) is 4.66. The molecule has 0 spiro atoms. The van der Waals surface area contributed by atoms with Gasteiger partial charge < -0.3 is 0 Å². The normalized spacial score (nSPS) is 17.7. The van der Waals surface area contributed by atoms with E-state index in [0.717, 1.165) is 27.8 Å². The van der Waals surface area contributed by atoms with Gasteiger partial charge in [-0.25, -0.2) is 4.99 Å². The summed E-state index contributed by atoms with van der Waals surface area (Å²) in [4.78, 5) is 4.84. The van der Waals surface area contributed by atoms with Crippen LogP contribution < -0.4 is 5.43 Å². The van der Waals surface area contributed by atoms with Crippen molar-refractivity contribution in [3.8, 4) is 0 Å². The molecule has 21 heavy (non-hydrogen) atoms. The lowest BCUT2D eigenvalue weighted by atomic mass is 9.97. The van der Waals surface area contributed by atoms with Gasteiger partial charge >= 0.3 is 0 Å². The van der Waals surface area contributed by atoms with E-state index in [9.17, 15) is 0 Å². The van der Waals surface area contributed by atoms with Gasteiger partial charge in [0.2, 0.25) is 0 Å². The standard InChI is InChI=1S/C17H17N3S/c1-2-21-17-18-15(13-9-5-3-6-10-13)16(19-20-17)14-11-7-4-8-12-14/h3-12,15H,2H2,1H3,(H,18,20). The van der Waals surface area contributed by atoms with E-state index in [1.54, 1.807) is 11.8 Å². The largest absolute Gasteiger partial charge is 0.256 e. The predicted molar refractivity (Wildman–Crippen MR) is 90.9 cm³/mol. The smallest absolute Gasteiger partial charge is 0.178 e. The van der Waals surface area contributed by atoms with E-state index in [1.807, 2.05) is 36.4 Å². The van der Waals surface area contributed by atoms with Gasteiger partial charge in [0.1, 0.15) is 6.04 Å². The Morgan fingerprint density at radius 2 is 1.67 bits per heavy atom. The minimum absolute atomic E-state index is 0.0519. The second kappa shape index (κ2) is 6.59. The molecule has 1 aliphatic heterocycles. The average molecular weight is 295 g/mol. The Hall–Kier alpha value is -2.07. The van der Waals surface area contributed by atoms with Crippen LogP contribution in [0.4, 0.5) is 0 Å². The van der Waals surface area contributed by atoms with Crippen LogP contribution in [0, 0.1) is 0 Å². The van der Waals surface area contributed by atoms with Crippen LogP contribution in [-0.4, -0.2) is 16.6 Å². The third kappa shape index (κ3) is 3.16. The van der Waals surface area contributed by atoms with Crippen LogP contribution >= 0.6 is 11.8 Å². The van der Waals surface area contributed by atoms with Crippen molar-refractivity contribution in [2.24, 2.45) is 10.1 Å². The molecule has 1 N–H and O–H groups in total. The summed E-state index contributed by atoms with van der Waals surface area (Å²) < 4.78 is 0. The molecule has 1 heterocycles. The molecule has 2 aromatic rings. The molecular formula is C17H17N3S. The molecule has 1 unspecified atom stereocenters. The Balaban J connectivity index is 1.99. The number of aliphatic imine (C=N–C) groups is 1. The first kappa shape index (κ1) is 13.9. The molecule has 0 aromatic heterocycles. The van der Waals surface area contributed by atoms with E-state index in [0.29, 0.717) is 0 Å². The summed E-state index contributed by atoms with van der Waals surface area (Å²) in [5, 5.41) is 5.45. The number of amidine groups is 1. The number of hydrogen-bond donors (Lipinski definition) is 1. The van der Waals surface area contributed by atoms with E-state index >= 15 is 0 Å².